The largest absolute Gasteiger partial charge is 0.479 e. The van der Waals surface area contributed by atoms with Crippen LogP contribution in [0.3, 0.4) is 0 Å². The molecule has 0 radical (unpaired) electrons. The Hall–Kier alpha value is -1.57. The molecule has 98 valence electrons. The number of nitriles is 1. The summed E-state index contributed by atoms with van der Waals surface area (Å²) in [6.45, 7) is 4.85. The summed E-state index contributed by atoms with van der Waals surface area (Å²) in [7, 11) is 0. The number of hydrogen-bond donors (Lipinski definition) is 2. The fourth-order valence-electron chi connectivity index (χ4n) is 1.47. The zero-order valence-electron chi connectivity index (χ0n) is 10.9. The van der Waals surface area contributed by atoms with Gasteiger partial charge < -0.3 is 15.2 Å². The van der Waals surface area contributed by atoms with Crippen LogP contribution >= 0.6 is 0 Å². The predicted molar refractivity (Wildman–Crippen MR) is 70.2 cm³/mol. The van der Waals surface area contributed by atoms with Gasteiger partial charge in [0, 0.05) is 12.1 Å². The van der Waals surface area contributed by atoms with Gasteiger partial charge in [0.2, 0.25) is 0 Å². The zero-order valence-corrected chi connectivity index (χ0v) is 10.9. The van der Waals surface area contributed by atoms with Gasteiger partial charge in [0.1, 0.15) is 11.8 Å². The molecule has 0 aromatic heterocycles. The SMILES string of the molecule is CCC(C)(CO)NCc1cccc(OCC#N)c1. The quantitative estimate of drug-likeness (QED) is 0.772. The molecule has 0 saturated heterocycles. The van der Waals surface area contributed by atoms with E-state index in [2.05, 4.69) is 5.32 Å². The molecule has 1 rings (SSSR count). The first kappa shape index (κ1) is 14.5. The highest BCUT2D eigenvalue weighted by Crippen LogP contribution is 2.15. The Morgan fingerprint density at radius 2 is 2.28 bits per heavy atom. The average Bonchev–Trinajstić information content (AvgIpc) is 2.43. The Labute approximate surface area is 108 Å². The molecule has 2 N–H and O–H groups in total. The van der Waals surface area contributed by atoms with Gasteiger partial charge in [0.25, 0.3) is 0 Å². The van der Waals surface area contributed by atoms with Gasteiger partial charge in [-0.1, -0.05) is 19.1 Å². The highest BCUT2D eigenvalue weighted by molar-refractivity contribution is 5.28. The van der Waals surface area contributed by atoms with E-state index >= 15 is 0 Å². The van der Waals surface area contributed by atoms with Gasteiger partial charge in [0.15, 0.2) is 6.61 Å². The summed E-state index contributed by atoms with van der Waals surface area (Å²) in [5.74, 6) is 0.693. The van der Waals surface area contributed by atoms with Crippen molar-refractivity contribution in [3.63, 3.8) is 0 Å². The van der Waals surface area contributed by atoms with Crippen LogP contribution in [0.4, 0.5) is 0 Å². The third-order valence-electron chi connectivity index (χ3n) is 3.05. The van der Waals surface area contributed by atoms with Crippen molar-refractivity contribution in [2.45, 2.75) is 32.4 Å². The lowest BCUT2D eigenvalue weighted by molar-refractivity contribution is 0.169. The Bertz CT molecular complexity index is 409. The molecule has 1 aromatic rings. The molecule has 4 heteroatoms. The molecule has 0 aliphatic carbocycles. The fraction of sp³-hybridized carbons (Fsp3) is 0.500. The van der Waals surface area contributed by atoms with Crippen LogP contribution < -0.4 is 10.1 Å². The van der Waals surface area contributed by atoms with Crippen molar-refractivity contribution in [1.29, 1.82) is 5.26 Å². The molecule has 0 amide bonds. The zero-order chi connectivity index (χ0) is 13.4. The summed E-state index contributed by atoms with van der Waals surface area (Å²) in [6.07, 6.45) is 0.855. The number of nitrogens with zero attached hydrogens (tertiary/aromatic N) is 1. The van der Waals surface area contributed by atoms with E-state index in [4.69, 9.17) is 10.00 Å². The summed E-state index contributed by atoms with van der Waals surface area (Å²) < 4.78 is 5.24. The van der Waals surface area contributed by atoms with Crippen LogP contribution in [0, 0.1) is 11.3 Å². The van der Waals surface area contributed by atoms with E-state index in [1.165, 1.54) is 0 Å². The van der Waals surface area contributed by atoms with Gasteiger partial charge >= 0.3 is 0 Å². The lowest BCUT2D eigenvalue weighted by Crippen LogP contribution is -2.44. The third kappa shape index (κ3) is 4.36. The average molecular weight is 248 g/mol. The number of rotatable bonds is 7. The van der Waals surface area contributed by atoms with E-state index in [-0.39, 0.29) is 18.8 Å². The molecule has 0 bridgehead atoms. The second kappa shape index (κ2) is 7.00. The minimum atomic E-state index is -0.260. The molecule has 4 nitrogen and oxygen atoms in total. The smallest absolute Gasteiger partial charge is 0.174 e. The van der Waals surface area contributed by atoms with Crippen LogP contribution in [-0.4, -0.2) is 23.9 Å². The summed E-state index contributed by atoms with van der Waals surface area (Å²) in [5.41, 5.74) is 0.808. The van der Waals surface area contributed by atoms with Crippen LogP contribution in [0.25, 0.3) is 0 Å². The van der Waals surface area contributed by atoms with Crippen molar-refractivity contribution in [1.82, 2.24) is 5.32 Å². The summed E-state index contributed by atoms with van der Waals surface area (Å²) in [5, 5.41) is 21.1. The summed E-state index contributed by atoms with van der Waals surface area (Å²) in [6, 6.07) is 9.55. The Morgan fingerprint density at radius 1 is 1.50 bits per heavy atom. The molecule has 0 saturated carbocycles. The number of ether oxygens (including phenoxy) is 1. The van der Waals surface area contributed by atoms with Crippen LogP contribution in [0.15, 0.2) is 24.3 Å². The van der Waals surface area contributed by atoms with Crippen LogP contribution in [0.1, 0.15) is 25.8 Å². The predicted octanol–water partition coefficient (Wildman–Crippen LogP) is 1.84. The van der Waals surface area contributed by atoms with Crippen molar-refractivity contribution >= 4 is 0 Å². The second-order valence-electron chi connectivity index (χ2n) is 4.52. The first-order valence-electron chi connectivity index (χ1n) is 6.08. The van der Waals surface area contributed by atoms with E-state index in [0.29, 0.717) is 12.3 Å². The Kier molecular flexibility index (Phi) is 5.63. The maximum Gasteiger partial charge on any atom is 0.174 e. The fourth-order valence-corrected chi connectivity index (χ4v) is 1.47. The van der Waals surface area contributed by atoms with E-state index in [1.54, 1.807) is 0 Å². The highest BCUT2D eigenvalue weighted by Gasteiger charge is 2.19. The van der Waals surface area contributed by atoms with E-state index in [1.807, 2.05) is 44.2 Å². The molecular formula is C14H20N2O2. The molecule has 1 aromatic carbocycles. The number of nitrogens with one attached hydrogen (secondary N) is 1. The molecular weight excluding hydrogens is 228 g/mol. The molecule has 18 heavy (non-hydrogen) atoms. The first-order chi connectivity index (χ1) is 8.63. The van der Waals surface area contributed by atoms with Crippen LogP contribution in [-0.2, 0) is 6.54 Å². The molecule has 0 heterocycles. The topological polar surface area (TPSA) is 65.3 Å². The number of aliphatic hydroxyl groups is 1. The van der Waals surface area contributed by atoms with Gasteiger partial charge in [0.05, 0.1) is 6.61 Å². The highest BCUT2D eigenvalue weighted by atomic mass is 16.5. The number of hydrogen-bond acceptors (Lipinski definition) is 4. The lowest BCUT2D eigenvalue weighted by Gasteiger charge is -2.27. The van der Waals surface area contributed by atoms with Gasteiger partial charge in [-0.25, -0.2) is 0 Å². The first-order valence-corrected chi connectivity index (χ1v) is 6.08. The standard InChI is InChI=1S/C14H20N2O2/c1-3-14(2,11-17)16-10-12-5-4-6-13(9-12)18-8-7-15/h4-6,9,16-17H,3,8,10-11H2,1-2H3. The molecule has 0 aliphatic rings. The van der Waals surface area contributed by atoms with E-state index < -0.39 is 0 Å². The second-order valence-corrected chi connectivity index (χ2v) is 4.52. The summed E-state index contributed by atoms with van der Waals surface area (Å²) in [4.78, 5) is 0. The molecule has 0 fully saturated rings. The van der Waals surface area contributed by atoms with E-state index in [0.717, 1.165) is 12.0 Å². The van der Waals surface area contributed by atoms with E-state index in [9.17, 15) is 5.11 Å². The van der Waals surface area contributed by atoms with Crippen molar-refractivity contribution in [3.05, 3.63) is 29.8 Å². The van der Waals surface area contributed by atoms with Gasteiger partial charge in [-0.2, -0.15) is 5.26 Å². The van der Waals surface area contributed by atoms with Crippen molar-refractivity contribution < 1.29 is 9.84 Å². The number of benzene rings is 1. The maximum absolute atomic E-state index is 9.31. The summed E-state index contributed by atoms with van der Waals surface area (Å²) >= 11 is 0. The van der Waals surface area contributed by atoms with Gasteiger partial charge in [-0.05, 0) is 31.0 Å². The normalized spacial score (nSPS) is 13.7. The Balaban J connectivity index is 2.60. The van der Waals surface area contributed by atoms with Gasteiger partial charge in [-0.3, -0.25) is 0 Å². The molecule has 1 atom stereocenters. The van der Waals surface area contributed by atoms with Crippen LogP contribution in [0.2, 0.25) is 0 Å². The number of aliphatic hydroxyl groups excluding tert-OH is 1. The van der Waals surface area contributed by atoms with Gasteiger partial charge in [-0.15, -0.1) is 0 Å². The lowest BCUT2D eigenvalue weighted by atomic mass is 10.00. The van der Waals surface area contributed by atoms with Crippen molar-refractivity contribution in [2.24, 2.45) is 0 Å². The maximum atomic E-state index is 9.31. The third-order valence-corrected chi connectivity index (χ3v) is 3.05. The Morgan fingerprint density at radius 3 is 2.89 bits per heavy atom. The van der Waals surface area contributed by atoms with Crippen molar-refractivity contribution in [2.75, 3.05) is 13.2 Å². The van der Waals surface area contributed by atoms with Crippen molar-refractivity contribution in [3.8, 4) is 11.8 Å². The molecule has 0 aliphatic heterocycles. The minimum absolute atomic E-state index is 0.0558. The monoisotopic (exact) mass is 248 g/mol. The van der Waals surface area contributed by atoms with Crippen LogP contribution in [0.5, 0.6) is 5.75 Å². The molecule has 0 spiro atoms. The minimum Gasteiger partial charge on any atom is -0.479 e. The molecule has 1 unspecified atom stereocenters.